The van der Waals surface area contributed by atoms with E-state index in [0.29, 0.717) is 5.56 Å². The van der Waals surface area contributed by atoms with Crippen LogP contribution in [0.3, 0.4) is 0 Å². The van der Waals surface area contributed by atoms with Crippen molar-refractivity contribution in [1.29, 1.82) is 0 Å². The number of hydrogen-bond acceptors (Lipinski definition) is 4. The first-order chi connectivity index (χ1) is 8.59. The lowest BCUT2D eigenvalue weighted by Crippen LogP contribution is -2.43. The van der Waals surface area contributed by atoms with Crippen LogP contribution >= 0.6 is 0 Å². The number of aliphatic hydroxyl groups excluding tert-OH is 1. The van der Waals surface area contributed by atoms with Crippen LogP contribution in [0.5, 0.6) is 11.5 Å². The summed E-state index contributed by atoms with van der Waals surface area (Å²) in [4.78, 5) is 0. The van der Waals surface area contributed by atoms with Gasteiger partial charge in [0.2, 0.25) is 0 Å². The smallest absolute Gasteiger partial charge is 0.124 e. The van der Waals surface area contributed by atoms with E-state index in [4.69, 9.17) is 0 Å². The van der Waals surface area contributed by atoms with Crippen molar-refractivity contribution in [1.82, 2.24) is 5.32 Å². The van der Waals surface area contributed by atoms with Crippen LogP contribution in [-0.4, -0.2) is 27.5 Å². The Labute approximate surface area is 107 Å². The Hall–Kier alpha value is -1.26. The summed E-state index contributed by atoms with van der Waals surface area (Å²) in [6.45, 7) is 1.89. The molecule has 1 aromatic carbocycles. The molecule has 4 N–H and O–H groups in total. The normalized spacial score (nSPS) is 25.9. The molecule has 0 saturated heterocycles. The van der Waals surface area contributed by atoms with Gasteiger partial charge in [-0.3, -0.25) is 0 Å². The molecule has 0 amide bonds. The van der Waals surface area contributed by atoms with Crippen molar-refractivity contribution < 1.29 is 15.3 Å². The van der Waals surface area contributed by atoms with Gasteiger partial charge in [0.05, 0.1) is 11.7 Å². The van der Waals surface area contributed by atoms with E-state index in [0.717, 1.165) is 25.7 Å². The van der Waals surface area contributed by atoms with Gasteiger partial charge < -0.3 is 20.6 Å². The molecule has 2 rings (SSSR count). The van der Waals surface area contributed by atoms with E-state index in [-0.39, 0.29) is 29.7 Å². The second-order valence-corrected chi connectivity index (χ2v) is 5.06. The first kappa shape index (κ1) is 13.2. The van der Waals surface area contributed by atoms with Gasteiger partial charge in [0.15, 0.2) is 0 Å². The van der Waals surface area contributed by atoms with E-state index in [2.05, 4.69) is 5.32 Å². The molecule has 1 aromatic rings. The topological polar surface area (TPSA) is 72.7 Å². The van der Waals surface area contributed by atoms with Gasteiger partial charge in [-0.1, -0.05) is 18.9 Å². The van der Waals surface area contributed by atoms with Crippen molar-refractivity contribution in [3.05, 3.63) is 23.8 Å². The predicted octanol–water partition coefficient (Wildman–Crippen LogP) is 2.05. The molecule has 0 bridgehead atoms. The SMILES string of the molecule is CC(NC1CCCCC1O)c1c(O)cccc1O. The minimum absolute atomic E-state index is 0.0350. The van der Waals surface area contributed by atoms with Crippen LogP contribution in [0.4, 0.5) is 0 Å². The summed E-state index contributed by atoms with van der Waals surface area (Å²) in [6.07, 6.45) is 3.58. The van der Waals surface area contributed by atoms with Crippen LogP contribution in [0.25, 0.3) is 0 Å². The van der Waals surface area contributed by atoms with E-state index in [1.165, 1.54) is 0 Å². The first-order valence-corrected chi connectivity index (χ1v) is 6.54. The first-order valence-electron chi connectivity index (χ1n) is 6.54. The Morgan fingerprint density at radius 3 is 2.39 bits per heavy atom. The second kappa shape index (κ2) is 5.59. The third kappa shape index (κ3) is 2.76. The van der Waals surface area contributed by atoms with E-state index in [9.17, 15) is 15.3 Å². The van der Waals surface area contributed by atoms with Crippen molar-refractivity contribution in [2.75, 3.05) is 0 Å². The molecule has 0 radical (unpaired) electrons. The fourth-order valence-electron chi connectivity index (χ4n) is 2.69. The van der Waals surface area contributed by atoms with Gasteiger partial charge in [-0.25, -0.2) is 0 Å². The number of aliphatic hydroxyl groups is 1. The van der Waals surface area contributed by atoms with Crippen LogP contribution in [0.2, 0.25) is 0 Å². The number of phenolic OH excluding ortho intramolecular Hbond substituents is 2. The summed E-state index contributed by atoms with van der Waals surface area (Å²) < 4.78 is 0. The Morgan fingerprint density at radius 2 is 1.78 bits per heavy atom. The van der Waals surface area contributed by atoms with Crippen molar-refractivity contribution >= 4 is 0 Å². The lowest BCUT2D eigenvalue weighted by molar-refractivity contribution is 0.0856. The predicted molar refractivity (Wildman–Crippen MR) is 69.6 cm³/mol. The molecule has 3 unspecified atom stereocenters. The van der Waals surface area contributed by atoms with Crippen molar-refractivity contribution in [3.8, 4) is 11.5 Å². The highest BCUT2D eigenvalue weighted by Gasteiger charge is 2.26. The zero-order valence-corrected chi connectivity index (χ0v) is 10.6. The number of benzene rings is 1. The number of hydrogen-bond donors (Lipinski definition) is 4. The Balaban J connectivity index is 2.09. The fraction of sp³-hybridized carbons (Fsp3) is 0.571. The molecule has 0 spiro atoms. The van der Waals surface area contributed by atoms with Crippen molar-refractivity contribution in [3.63, 3.8) is 0 Å². The highest BCUT2D eigenvalue weighted by molar-refractivity contribution is 5.44. The highest BCUT2D eigenvalue weighted by Crippen LogP contribution is 2.33. The third-order valence-electron chi connectivity index (χ3n) is 3.69. The van der Waals surface area contributed by atoms with Gasteiger partial charge in [0.25, 0.3) is 0 Å². The third-order valence-corrected chi connectivity index (χ3v) is 3.69. The average molecular weight is 251 g/mol. The molecule has 0 heterocycles. The minimum atomic E-state index is -0.339. The van der Waals surface area contributed by atoms with Crippen LogP contribution in [0.1, 0.15) is 44.2 Å². The molecule has 100 valence electrons. The van der Waals surface area contributed by atoms with Crippen molar-refractivity contribution in [2.45, 2.75) is 50.8 Å². The molecular formula is C14H21NO3. The summed E-state index contributed by atoms with van der Waals surface area (Å²) >= 11 is 0. The molecule has 1 aliphatic carbocycles. The largest absolute Gasteiger partial charge is 0.507 e. The Kier molecular flexibility index (Phi) is 4.09. The Bertz CT molecular complexity index is 388. The molecule has 4 nitrogen and oxygen atoms in total. The molecule has 0 aromatic heterocycles. The standard InChI is InChI=1S/C14H21NO3/c1-9(14-12(17)7-4-8-13(14)18)15-10-5-2-3-6-11(10)16/h4,7-11,15-18H,2-3,5-6H2,1H3. The molecule has 0 aliphatic heterocycles. The molecule has 1 saturated carbocycles. The summed E-state index contributed by atoms with van der Waals surface area (Å²) in [7, 11) is 0. The van der Waals surface area contributed by atoms with Gasteiger partial charge >= 0.3 is 0 Å². The van der Waals surface area contributed by atoms with Crippen LogP contribution in [0.15, 0.2) is 18.2 Å². The fourth-order valence-corrected chi connectivity index (χ4v) is 2.69. The number of aromatic hydroxyl groups is 2. The minimum Gasteiger partial charge on any atom is -0.507 e. The highest BCUT2D eigenvalue weighted by atomic mass is 16.3. The molecular weight excluding hydrogens is 230 g/mol. The van der Waals surface area contributed by atoms with Crippen LogP contribution in [-0.2, 0) is 0 Å². The van der Waals surface area contributed by atoms with Gasteiger partial charge in [0, 0.05) is 12.1 Å². The molecule has 1 aliphatic rings. The molecule has 1 fully saturated rings. The monoisotopic (exact) mass is 251 g/mol. The van der Waals surface area contributed by atoms with Crippen LogP contribution < -0.4 is 5.32 Å². The summed E-state index contributed by atoms with van der Waals surface area (Å²) in [5.74, 6) is 0.167. The maximum atomic E-state index is 9.92. The van der Waals surface area contributed by atoms with E-state index in [1.54, 1.807) is 18.2 Å². The Morgan fingerprint density at radius 1 is 1.17 bits per heavy atom. The van der Waals surface area contributed by atoms with Crippen molar-refractivity contribution in [2.24, 2.45) is 0 Å². The van der Waals surface area contributed by atoms with Gasteiger partial charge in [0.1, 0.15) is 11.5 Å². The van der Waals surface area contributed by atoms with Crippen LogP contribution in [0, 0.1) is 0 Å². The summed E-state index contributed by atoms with van der Waals surface area (Å²) in [6, 6.07) is 4.57. The number of nitrogens with one attached hydrogen (secondary N) is 1. The second-order valence-electron chi connectivity index (χ2n) is 5.06. The maximum Gasteiger partial charge on any atom is 0.124 e. The van der Waals surface area contributed by atoms with Gasteiger partial charge in [-0.2, -0.15) is 0 Å². The lowest BCUT2D eigenvalue weighted by atomic mass is 9.91. The molecule has 3 atom stereocenters. The lowest BCUT2D eigenvalue weighted by Gasteiger charge is -2.31. The summed E-state index contributed by atoms with van der Waals surface area (Å²) in [5, 5.41) is 32.8. The van der Waals surface area contributed by atoms with Gasteiger partial charge in [-0.15, -0.1) is 0 Å². The molecule has 4 heteroatoms. The molecule has 18 heavy (non-hydrogen) atoms. The number of rotatable bonds is 3. The average Bonchev–Trinajstić information content (AvgIpc) is 2.32. The number of phenols is 2. The van der Waals surface area contributed by atoms with E-state index in [1.807, 2.05) is 6.92 Å². The van der Waals surface area contributed by atoms with E-state index >= 15 is 0 Å². The quantitative estimate of drug-likeness (QED) is 0.663. The van der Waals surface area contributed by atoms with E-state index < -0.39 is 0 Å². The summed E-state index contributed by atoms with van der Waals surface area (Å²) in [5.41, 5.74) is 0.496. The maximum absolute atomic E-state index is 9.92. The van der Waals surface area contributed by atoms with Gasteiger partial charge in [-0.05, 0) is 31.9 Å². The zero-order chi connectivity index (χ0) is 13.1. The zero-order valence-electron chi connectivity index (χ0n) is 10.6.